The number of nitrogens with two attached hydrogens (primary N) is 1. The van der Waals surface area contributed by atoms with Crippen LogP contribution in [0.5, 0.6) is 0 Å². The Bertz CT molecular complexity index is 434. The summed E-state index contributed by atoms with van der Waals surface area (Å²) in [5.41, 5.74) is 5.91. The minimum atomic E-state index is -1.32. The molecule has 0 saturated heterocycles. The number of carbonyl (C=O) groups excluding carboxylic acids is 2. The molecule has 0 bridgehead atoms. The van der Waals surface area contributed by atoms with Crippen LogP contribution in [0.4, 0.5) is 0 Å². The van der Waals surface area contributed by atoms with Gasteiger partial charge in [0.2, 0.25) is 5.91 Å². The zero-order valence-electron chi connectivity index (χ0n) is 7.71. The third kappa shape index (κ3) is 1.48. The summed E-state index contributed by atoms with van der Waals surface area (Å²) in [5.74, 6) is -2.71. The van der Waals surface area contributed by atoms with E-state index in [4.69, 9.17) is 5.73 Å². The molecule has 2 rings (SSSR count). The zero-order valence-corrected chi connectivity index (χ0v) is 7.71. The van der Waals surface area contributed by atoms with Crippen LogP contribution in [-0.4, -0.2) is 24.0 Å². The van der Waals surface area contributed by atoms with Crippen molar-refractivity contribution in [3.05, 3.63) is 29.8 Å². The standard InChI is InChI=1S/C9H8BNO4/c11-8(12)7-5-3-1-2-4-6(5)10(14)15-9(7)13/h1-4,7,14H,(H2,11,12). The number of fused-ring (bicyclic) bond motifs is 1. The predicted molar refractivity (Wildman–Crippen MR) is 52.1 cm³/mol. The lowest BCUT2D eigenvalue weighted by Gasteiger charge is -2.23. The SMILES string of the molecule is NC(=O)C1C(=O)OB(O)c2ccccc21. The second kappa shape index (κ2) is 3.40. The summed E-state index contributed by atoms with van der Waals surface area (Å²) in [6.45, 7) is 0. The number of carbonyl (C=O) groups is 2. The maximum absolute atomic E-state index is 11.3. The van der Waals surface area contributed by atoms with E-state index in [2.05, 4.69) is 4.65 Å². The van der Waals surface area contributed by atoms with Gasteiger partial charge in [0.15, 0.2) is 5.92 Å². The molecule has 1 aromatic rings. The molecule has 1 atom stereocenters. The summed E-state index contributed by atoms with van der Waals surface area (Å²) in [7, 11) is -1.32. The van der Waals surface area contributed by atoms with Gasteiger partial charge in [-0.3, -0.25) is 9.59 Å². The van der Waals surface area contributed by atoms with Crippen LogP contribution >= 0.6 is 0 Å². The molecule has 1 aliphatic rings. The minimum absolute atomic E-state index is 0.404. The van der Waals surface area contributed by atoms with E-state index in [9.17, 15) is 14.6 Å². The van der Waals surface area contributed by atoms with E-state index < -0.39 is 24.9 Å². The highest BCUT2D eigenvalue weighted by molar-refractivity contribution is 6.63. The highest BCUT2D eigenvalue weighted by Crippen LogP contribution is 2.20. The van der Waals surface area contributed by atoms with Gasteiger partial charge in [0.1, 0.15) is 0 Å². The fourth-order valence-electron chi connectivity index (χ4n) is 1.64. The van der Waals surface area contributed by atoms with Crippen LogP contribution in [0.3, 0.4) is 0 Å². The molecule has 6 heteroatoms. The number of hydrogen-bond donors (Lipinski definition) is 2. The lowest BCUT2D eigenvalue weighted by atomic mass is 9.70. The molecule has 15 heavy (non-hydrogen) atoms. The topological polar surface area (TPSA) is 89.6 Å². The summed E-state index contributed by atoms with van der Waals surface area (Å²) in [6, 6.07) is 6.51. The Labute approximate surface area is 86.0 Å². The van der Waals surface area contributed by atoms with Crippen molar-refractivity contribution in [2.75, 3.05) is 0 Å². The molecule has 0 radical (unpaired) electrons. The largest absolute Gasteiger partial charge is 0.562 e. The van der Waals surface area contributed by atoms with Crippen LogP contribution < -0.4 is 11.2 Å². The van der Waals surface area contributed by atoms with E-state index in [-0.39, 0.29) is 0 Å². The Hall–Kier alpha value is -1.82. The lowest BCUT2D eigenvalue weighted by Crippen LogP contribution is -2.48. The first-order chi connectivity index (χ1) is 7.11. The van der Waals surface area contributed by atoms with E-state index in [1.807, 2.05) is 0 Å². The van der Waals surface area contributed by atoms with Gasteiger partial charge in [-0.2, -0.15) is 0 Å². The zero-order chi connectivity index (χ0) is 11.0. The maximum atomic E-state index is 11.3. The van der Waals surface area contributed by atoms with Crippen molar-refractivity contribution >= 4 is 24.5 Å². The molecule has 0 spiro atoms. The predicted octanol–water partition coefficient (Wildman–Crippen LogP) is -1.50. The molecule has 5 nitrogen and oxygen atoms in total. The molecular formula is C9H8BNO4. The van der Waals surface area contributed by atoms with E-state index in [0.29, 0.717) is 11.0 Å². The number of hydrogen-bond acceptors (Lipinski definition) is 4. The summed E-state index contributed by atoms with van der Waals surface area (Å²) >= 11 is 0. The highest BCUT2D eigenvalue weighted by Gasteiger charge is 2.40. The quantitative estimate of drug-likeness (QED) is 0.431. The Balaban J connectivity index is 2.56. The Morgan fingerprint density at radius 1 is 1.47 bits per heavy atom. The van der Waals surface area contributed by atoms with Crippen LogP contribution in [0.15, 0.2) is 24.3 Å². The van der Waals surface area contributed by atoms with Gasteiger partial charge in [-0.15, -0.1) is 0 Å². The molecular weight excluding hydrogens is 197 g/mol. The fourth-order valence-corrected chi connectivity index (χ4v) is 1.64. The van der Waals surface area contributed by atoms with Gasteiger partial charge >= 0.3 is 13.1 Å². The van der Waals surface area contributed by atoms with Crippen molar-refractivity contribution in [3.63, 3.8) is 0 Å². The molecule has 1 aliphatic heterocycles. The van der Waals surface area contributed by atoms with Gasteiger partial charge in [0.05, 0.1) is 0 Å². The number of benzene rings is 1. The third-order valence-electron chi connectivity index (χ3n) is 2.32. The molecule has 1 heterocycles. The van der Waals surface area contributed by atoms with Crippen molar-refractivity contribution < 1.29 is 19.3 Å². The van der Waals surface area contributed by atoms with Crippen molar-refractivity contribution in [1.82, 2.24) is 0 Å². The molecule has 0 aromatic heterocycles. The van der Waals surface area contributed by atoms with Gasteiger partial charge in [0.25, 0.3) is 0 Å². The van der Waals surface area contributed by atoms with Gasteiger partial charge in [-0.25, -0.2) is 0 Å². The van der Waals surface area contributed by atoms with Gasteiger partial charge in [-0.05, 0) is 5.56 Å². The molecule has 3 N–H and O–H groups in total. The highest BCUT2D eigenvalue weighted by atomic mass is 16.6. The molecule has 0 fully saturated rings. The van der Waals surface area contributed by atoms with Crippen molar-refractivity contribution in [2.24, 2.45) is 5.73 Å². The Kier molecular flexibility index (Phi) is 2.20. The Morgan fingerprint density at radius 3 is 2.80 bits per heavy atom. The molecule has 0 aliphatic carbocycles. The van der Waals surface area contributed by atoms with Crippen LogP contribution in [0.2, 0.25) is 0 Å². The van der Waals surface area contributed by atoms with Crippen molar-refractivity contribution in [2.45, 2.75) is 5.92 Å². The fraction of sp³-hybridized carbons (Fsp3) is 0.111. The molecule has 76 valence electrons. The van der Waals surface area contributed by atoms with E-state index >= 15 is 0 Å². The normalized spacial score (nSPS) is 19.4. The third-order valence-corrected chi connectivity index (χ3v) is 2.32. The smallest absolute Gasteiger partial charge is 0.505 e. The number of rotatable bonds is 1. The number of amides is 1. The summed E-state index contributed by atoms with van der Waals surface area (Å²) in [6.07, 6.45) is 0. The second-order valence-electron chi connectivity index (χ2n) is 3.25. The lowest BCUT2D eigenvalue weighted by molar-refractivity contribution is -0.141. The Morgan fingerprint density at radius 2 is 2.13 bits per heavy atom. The van der Waals surface area contributed by atoms with Gasteiger partial charge in [0, 0.05) is 5.46 Å². The van der Waals surface area contributed by atoms with E-state index in [0.717, 1.165) is 0 Å². The van der Waals surface area contributed by atoms with E-state index in [1.165, 1.54) is 0 Å². The second-order valence-corrected chi connectivity index (χ2v) is 3.25. The molecule has 1 amide bonds. The average Bonchev–Trinajstić information content (AvgIpc) is 2.17. The number of primary amides is 1. The van der Waals surface area contributed by atoms with Crippen molar-refractivity contribution in [1.29, 1.82) is 0 Å². The first-order valence-electron chi connectivity index (χ1n) is 4.38. The molecule has 0 saturated carbocycles. The first-order valence-corrected chi connectivity index (χ1v) is 4.38. The maximum Gasteiger partial charge on any atom is 0.562 e. The van der Waals surface area contributed by atoms with Crippen LogP contribution in [0.1, 0.15) is 11.5 Å². The van der Waals surface area contributed by atoms with Crippen LogP contribution in [-0.2, 0) is 14.2 Å². The summed E-state index contributed by atoms with van der Waals surface area (Å²) in [5, 5.41) is 9.44. The monoisotopic (exact) mass is 205 g/mol. The first kappa shape index (κ1) is 9.73. The van der Waals surface area contributed by atoms with Crippen molar-refractivity contribution in [3.8, 4) is 0 Å². The minimum Gasteiger partial charge on any atom is -0.505 e. The van der Waals surface area contributed by atoms with Gasteiger partial charge < -0.3 is 15.4 Å². The van der Waals surface area contributed by atoms with E-state index in [1.54, 1.807) is 24.3 Å². The van der Waals surface area contributed by atoms with Crippen LogP contribution in [0.25, 0.3) is 0 Å². The summed E-state index contributed by atoms with van der Waals surface area (Å²) in [4.78, 5) is 22.4. The molecule has 1 unspecified atom stereocenters. The van der Waals surface area contributed by atoms with Crippen LogP contribution in [0, 0.1) is 0 Å². The van der Waals surface area contributed by atoms with Gasteiger partial charge in [-0.1, -0.05) is 24.3 Å². The molecule has 1 aromatic carbocycles. The summed E-state index contributed by atoms with van der Waals surface area (Å²) < 4.78 is 4.60. The average molecular weight is 205 g/mol.